The minimum absolute atomic E-state index is 0. The molecule has 0 bridgehead atoms. The molecule has 0 aliphatic carbocycles. The highest BCUT2D eigenvalue weighted by Gasteiger charge is 1.99. The number of aliphatic imine (C=N–C) groups is 1. The lowest BCUT2D eigenvalue weighted by atomic mass is 10.2. The molecule has 124 valence electrons. The maximum Gasteiger partial charge on any atom is 0.193 e. The second kappa shape index (κ2) is 10.8. The summed E-state index contributed by atoms with van der Waals surface area (Å²) in [6.45, 7) is 2.68. The highest BCUT2D eigenvalue weighted by Crippen LogP contribution is 2.04. The number of hydrogen-bond donors (Lipinski definition) is 2. The van der Waals surface area contributed by atoms with Gasteiger partial charge in [0.2, 0.25) is 0 Å². The third-order valence-electron chi connectivity index (χ3n) is 3.32. The van der Waals surface area contributed by atoms with Crippen LogP contribution < -0.4 is 11.1 Å². The summed E-state index contributed by atoms with van der Waals surface area (Å²) in [7, 11) is 2.13. The van der Waals surface area contributed by atoms with Gasteiger partial charge in [-0.25, -0.2) is 0 Å². The normalized spacial score (nSPS) is 11.1. The topological polar surface area (TPSA) is 53.6 Å². The predicted molar refractivity (Wildman–Crippen MR) is 104 cm³/mol. The van der Waals surface area contributed by atoms with E-state index in [2.05, 4.69) is 46.5 Å². The summed E-state index contributed by atoms with van der Waals surface area (Å²) < 4.78 is 0. The Bertz CT molecular complexity index is 572. The second-order valence-electron chi connectivity index (χ2n) is 5.33. The number of halogens is 1. The molecular formula is C18H25BrN4. The lowest BCUT2D eigenvalue weighted by molar-refractivity contribution is 0.324. The first-order valence-electron chi connectivity index (χ1n) is 7.58. The van der Waals surface area contributed by atoms with Crippen molar-refractivity contribution < 1.29 is 0 Å². The summed E-state index contributed by atoms with van der Waals surface area (Å²) in [5.74, 6) is 0.469. The standard InChI is InChI=1S/C18H24N4.BrH/c1-22(15-16-9-4-2-5-10-16)14-8-13-20-18(19)21-17-11-6-3-7-12-17;/h2-7,9-12H,8,13-15H2,1H3,(H3,19,20,21);1H. The first-order valence-corrected chi connectivity index (χ1v) is 7.58. The highest BCUT2D eigenvalue weighted by molar-refractivity contribution is 8.93. The molecule has 0 aromatic heterocycles. The van der Waals surface area contributed by atoms with Crippen LogP contribution in [-0.2, 0) is 6.54 Å². The molecule has 0 saturated heterocycles. The number of hydrogen-bond acceptors (Lipinski definition) is 2. The molecule has 0 radical (unpaired) electrons. The van der Waals surface area contributed by atoms with Crippen molar-refractivity contribution in [2.75, 3.05) is 25.5 Å². The number of nitrogens with one attached hydrogen (secondary N) is 1. The van der Waals surface area contributed by atoms with E-state index in [4.69, 9.17) is 5.73 Å². The summed E-state index contributed by atoms with van der Waals surface area (Å²) in [4.78, 5) is 6.65. The minimum Gasteiger partial charge on any atom is -0.370 e. The van der Waals surface area contributed by atoms with Gasteiger partial charge >= 0.3 is 0 Å². The van der Waals surface area contributed by atoms with Gasteiger partial charge in [0.1, 0.15) is 0 Å². The minimum atomic E-state index is 0. The summed E-state index contributed by atoms with van der Waals surface area (Å²) in [5, 5.41) is 3.08. The van der Waals surface area contributed by atoms with Crippen LogP contribution in [0, 0.1) is 0 Å². The van der Waals surface area contributed by atoms with Crippen molar-refractivity contribution in [1.29, 1.82) is 0 Å². The summed E-state index contributed by atoms with van der Waals surface area (Å²) in [6.07, 6.45) is 0.987. The number of benzene rings is 2. The van der Waals surface area contributed by atoms with Crippen molar-refractivity contribution in [3.8, 4) is 0 Å². The maximum absolute atomic E-state index is 5.87. The Morgan fingerprint density at radius 2 is 1.65 bits per heavy atom. The van der Waals surface area contributed by atoms with Gasteiger partial charge in [-0.3, -0.25) is 4.99 Å². The molecule has 23 heavy (non-hydrogen) atoms. The Kier molecular flexibility index (Phi) is 9.02. The summed E-state index contributed by atoms with van der Waals surface area (Å²) in [6, 6.07) is 20.3. The van der Waals surface area contributed by atoms with Gasteiger partial charge in [-0.15, -0.1) is 17.0 Å². The van der Waals surface area contributed by atoms with E-state index >= 15 is 0 Å². The summed E-state index contributed by atoms with van der Waals surface area (Å²) >= 11 is 0. The van der Waals surface area contributed by atoms with E-state index in [1.165, 1.54) is 5.56 Å². The third-order valence-corrected chi connectivity index (χ3v) is 3.32. The van der Waals surface area contributed by atoms with E-state index in [1.807, 2.05) is 36.4 Å². The zero-order valence-electron chi connectivity index (χ0n) is 13.5. The molecule has 0 spiro atoms. The molecule has 2 aromatic rings. The number of guanidine groups is 1. The zero-order valence-corrected chi connectivity index (χ0v) is 15.2. The number of anilines is 1. The van der Waals surface area contributed by atoms with Crippen molar-refractivity contribution in [3.63, 3.8) is 0 Å². The van der Waals surface area contributed by atoms with E-state index in [0.29, 0.717) is 5.96 Å². The van der Waals surface area contributed by atoms with Crippen molar-refractivity contribution >= 4 is 28.6 Å². The molecule has 5 heteroatoms. The predicted octanol–water partition coefficient (Wildman–Crippen LogP) is 3.51. The quantitative estimate of drug-likeness (QED) is 0.441. The molecule has 2 aromatic carbocycles. The molecule has 0 fully saturated rings. The lowest BCUT2D eigenvalue weighted by Crippen LogP contribution is -2.24. The Morgan fingerprint density at radius 1 is 1.04 bits per heavy atom. The molecule has 0 unspecified atom stereocenters. The van der Waals surface area contributed by atoms with Gasteiger partial charge in [0, 0.05) is 18.8 Å². The Labute approximate surface area is 149 Å². The van der Waals surface area contributed by atoms with Gasteiger partial charge in [-0.2, -0.15) is 0 Å². The molecule has 0 saturated carbocycles. The Morgan fingerprint density at radius 3 is 2.30 bits per heavy atom. The monoisotopic (exact) mass is 376 g/mol. The first-order chi connectivity index (χ1) is 10.7. The molecule has 0 atom stereocenters. The second-order valence-corrected chi connectivity index (χ2v) is 5.33. The van der Waals surface area contributed by atoms with Crippen LogP contribution in [0.3, 0.4) is 0 Å². The van der Waals surface area contributed by atoms with E-state index in [-0.39, 0.29) is 17.0 Å². The molecule has 0 aliphatic heterocycles. The van der Waals surface area contributed by atoms with Crippen LogP contribution >= 0.6 is 17.0 Å². The fourth-order valence-corrected chi connectivity index (χ4v) is 2.22. The Hall–Kier alpha value is -1.85. The van der Waals surface area contributed by atoms with Gasteiger partial charge < -0.3 is 16.0 Å². The maximum atomic E-state index is 5.87. The van der Waals surface area contributed by atoms with Gasteiger partial charge in [0.15, 0.2) is 5.96 Å². The largest absolute Gasteiger partial charge is 0.370 e. The first kappa shape index (κ1) is 19.2. The number of nitrogens with zero attached hydrogens (tertiary/aromatic N) is 2. The molecule has 2 rings (SSSR count). The van der Waals surface area contributed by atoms with Crippen LogP contribution in [0.1, 0.15) is 12.0 Å². The van der Waals surface area contributed by atoms with Crippen LogP contribution in [0.2, 0.25) is 0 Å². The van der Waals surface area contributed by atoms with Crippen LogP contribution in [0.5, 0.6) is 0 Å². The fourth-order valence-electron chi connectivity index (χ4n) is 2.22. The summed E-state index contributed by atoms with van der Waals surface area (Å²) in [5.41, 5.74) is 8.17. The van der Waals surface area contributed by atoms with Crippen molar-refractivity contribution in [2.24, 2.45) is 10.7 Å². The van der Waals surface area contributed by atoms with Gasteiger partial charge in [-0.1, -0.05) is 48.5 Å². The lowest BCUT2D eigenvalue weighted by Gasteiger charge is -2.16. The molecule has 3 N–H and O–H groups in total. The van der Waals surface area contributed by atoms with Crippen LogP contribution in [0.15, 0.2) is 65.7 Å². The average molecular weight is 377 g/mol. The average Bonchev–Trinajstić information content (AvgIpc) is 2.53. The van der Waals surface area contributed by atoms with Crippen LogP contribution in [0.25, 0.3) is 0 Å². The SMILES string of the molecule is Br.CN(CCCN=C(N)Nc1ccccc1)Cc1ccccc1. The molecular weight excluding hydrogens is 352 g/mol. The smallest absolute Gasteiger partial charge is 0.193 e. The van der Waals surface area contributed by atoms with Gasteiger partial charge in [0.25, 0.3) is 0 Å². The van der Waals surface area contributed by atoms with Crippen molar-refractivity contribution in [3.05, 3.63) is 66.2 Å². The van der Waals surface area contributed by atoms with Crippen molar-refractivity contribution in [1.82, 2.24) is 4.90 Å². The third kappa shape index (κ3) is 7.81. The number of rotatable bonds is 7. The van der Waals surface area contributed by atoms with Gasteiger partial charge in [-0.05, 0) is 37.7 Å². The van der Waals surface area contributed by atoms with Gasteiger partial charge in [0.05, 0.1) is 0 Å². The molecule has 0 heterocycles. The number of para-hydroxylation sites is 1. The zero-order chi connectivity index (χ0) is 15.6. The van der Waals surface area contributed by atoms with Crippen LogP contribution in [0.4, 0.5) is 5.69 Å². The fraction of sp³-hybridized carbons (Fsp3) is 0.278. The molecule has 0 amide bonds. The molecule has 4 nitrogen and oxygen atoms in total. The van der Waals surface area contributed by atoms with Crippen molar-refractivity contribution in [2.45, 2.75) is 13.0 Å². The van der Waals surface area contributed by atoms with E-state index in [0.717, 1.165) is 31.7 Å². The van der Waals surface area contributed by atoms with Crippen LogP contribution in [-0.4, -0.2) is 31.0 Å². The van der Waals surface area contributed by atoms with E-state index < -0.39 is 0 Å². The van der Waals surface area contributed by atoms with E-state index in [9.17, 15) is 0 Å². The number of nitrogens with two attached hydrogens (primary N) is 1. The Balaban J connectivity index is 0.00000264. The molecule has 0 aliphatic rings. The highest BCUT2D eigenvalue weighted by atomic mass is 79.9. The van der Waals surface area contributed by atoms with E-state index in [1.54, 1.807) is 0 Å².